The fraction of sp³-hybridized carbons (Fsp3) is 0.632. The molecule has 0 atom stereocenters. The number of methoxy groups -OCH3 is 1. The first-order valence-corrected chi connectivity index (χ1v) is 9.40. The minimum Gasteiger partial charge on any atom is -0.464 e. The summed E-state index contributed by atoms with van der Waals surface area (Å²) in [6.07, 6.45) is 2.61. The fourth-order valence-corrected chi connectivity index (χ4v) is 2.56. The Morgan fingerprint density at radius 1 is 1.24 bits per heavy atom. The Labute approximate surface area is 171 Å². The Morgan fingerprint density at radius 2 is 1.83 bits per heavy atom. The third-order valence-corrected chi connectivity index (χ3v) is 4.79. The molecule has 2 N–H and O–H groups in total. The molecule has 0 bridgehead atoms. The quantitative estimate of drug-likeness (QED) is 0.570. The molecule has 1 fully saturated rings. The summed E-state index contributed by atoms with van der Waals surface area (Å²) < 4.78 is 22.3. The summed E-state index contributed by atoms with van der Waals surface area (Å²) in [7, 11) is 0.561. The zero-order chi connectivity index (χ0) is 22.0. The number of esters is 1. The van der Waals surface area contributed by atoms with E-state index in [1.807, 2.05) is 27.7 Å². The zero-order valence-corrected chi connectivity index (χ0v) is 18.3. The number of ether oxygens (including phenoxy) is 2. The number of hydrogen-bond donors (Lipinski definition) is 2. The maximum absolute atomic E-state index is 12.1. The van der Waals surface area contributed by atoms with Crippen molar-refractivity contribution in [3.63, 3.8) is 0 Å². The first-order valence-electron chi connectivity index (χ1n) is 9.40. The number of carbonyl (C=O) groups excluding carboxylic acids is 2. The molecule has 2 heterocycles. The number of hydrogen-bond acceptors (Lipinski definition) is 7. The summed E-state index contributed by atoms with van der Waals surface area (Å²) >= 11 is 0. The molecule has 0 aromatic carbocycles. The average Bonchev–Trinajstić information content (AvgIpc) is 3.11. The van der Waals surface area contributed by atoms with Crippen LogP contribution in [0.2, 0.25) is 0 Å². The Hall–Kier alpha value is -2.33. The van der Waals surface area contributed by atoms with E-state index >= 15 is 0 Å². The van der Waals surface area contributed by atoms with Gasteiger partial charge in [0.25, 0.3) is 0 Å². The van der Waals surface area contributed by atoms with Gasteiger partial charge in [-0.25, -0.2) is 9.59 Å². The number of nitrogens with zero attached hydrogens (tertiary/aromatic N) is 1. The molecule has 1 aromatic heterocycles. The molecular weight excluding hydrogens is 377 g/mol. The van der Waals surface area contributed by atoms with Crippen molar-refractivity contribution >= 4 is 25.3 Å². The van der Waals surface area contributed by atoms with Crippen LogP contribution in [0.1, 0.15) is 64.5 Å². The molecule has 0 radical (unpaired) electrons. The van der Waals surface area contributed by atoms with Crippen LogP contribution in [0.4, 0.5) is 4.79 Å². The Kier molecular flexibility index (Phi) is 6.49. The van der Waals surface area contributed by atoms with Gasteiger partial charge in [-0.05, 0) is 53.9 Å². The third kappa shape index (κ3) is 5.60. The Morgan fingerprint density at radius 3 is 2.34 bits per heavy atom. The van der Waals surface area contributed by atoms with Crippen LogP contribution in [0.3, 0.4) is 0 Å². The normalized spacial score (nSPS) is 18.5. The summed E-state index contributed by atoms with van der Waals surface area (Å²) in [5.74, 6) is -0.554. The van der Waals surface area contributed by atoms with E-state index in [4.69, 9.17) is 18.8 Å². The van der Waals surface area contributed by atoms with Gasteiger partial charge in [0.15, 0.2) is 5.69 Å². The summed E-state index contributed by atoms with van der Waals surface area (Å²) in [6, 6.07) is 0. The number of rotatable bonds is 5. The SMILES string of the molecule is COC(=O)c1[nH]ncc1C=C(CNC(=O)OC(C)(C)C)B1OC(C)(C)C(C)(C)O1. The second-order valence-corrected chi connectivity index (χ2v) is 8.85. The molecule has 1 aliphatic rings. The van der Waals surface area contributed by atoms with E-state index in [0.29, 0.717) is 11.0 Å². The molecule has 9 nitrogen and oxygen atoms in total. The van der Waals surface area contributed by atoms with E-state index in [0.717, 1.165) is 0 Å². The van der Waals surface area contributed by atoms with Crippen LogP contribution in [-0.4, -0.2) is 59.8 Å². The zero-order valence-electron chi connectivity index (χ0n) is 18.3. The topological polar surface area (TPSA) is 112 Å². The van der Waals surface area contributed by atoms with Crippen molar-refractivity contribution in [2.75, 3.05) is 13.7 Å². The van der Waals surface area contributed by atoms with Crippen molar-refractivity contribution in [1.82, 2.24) is 15.5 Å². The number of carbonyl (C=O) groups is 2. The van der Waals surface area contributed by atoms with Crippen molar-refractivity contribution in [2.45, 2.75) is 65.3 Å². The number of aromatic nitrogens is 2. The molecule has 160 valence electrons. The lowest BCUT2D eigenvalue weighted by Crippen LogP contribution is -2.41. The summed E-state index contributed by atoms with van der Waals surface area (Å²) in [6.45, 7) is 13.2. The lowest BCUT2D eigenvalue weighted by molar-refractivity contribution is 0.00578. The molecule has 1 amide bonds. The third-order valence-electron chi connectivity index (χ3n) is 4.79. The number of aromatic amines is 1. The maximum atomic E-state index is 12.1. The van der Waals surface area contributed by atoms with Gasteiger partial charge in [0, 0.05) is 12.1 Å². The Bertz CT molecular complexity index is 778. The largest absolute Gasteiger partial charge is 0.492 e. The van der Waals surface area contributed by atoms with E-state index in [1.165, 1.54) is 13.3 Å². The monoisotopic (exact) mass is 407 g/mol. The predicted molar refractivity (Wildman–Crippen MR) is 108 cm³/mol. The predicted octanol–water partition coefficient (Wildman–Crippen LogP) is 2.74. The second-order valence-electron chi connectivity index (χ2n) is 8.85. The van der Waals surface area contributed by atoms with Gasteiger partial charge in [0.1, 0.15) is 5.60 Å². The van der Waals surface area contributed by atoms with Gasteiger partial charge in [0.2, 0.25) is 0 Å². The van der Waals surface area contributed by atoms with E-state index in [-0.39, 0.29) is 12.2 Å². The van der Waals surface area contributed by atoms with E-state index < -0.39 is 36.0 Å². The highest BCUT2D eigenvalue weighted by molar-refractivity contribution is 6.56. The molecule has 2 rings (SSSR count). The van der Waals surface area contributed by atoms with Crippen molar-refractivity contribution in [1.29, 1.82) is 0 Å². The van der Waals surface area contributed by atoms with Gasteiger partial charge < -0.3 is 24.1 Å². The maximum Gasteiger partial charge on any atom is 0.492 e. The fourth-order valence-electron chi connectivity index (χ4n) is 2.56. The molecule has 1 saturated heterocycles. The lowest BCUT2D eigenvalue weighted by atomic mass is 9.77. The lowest BCUT2D eigenvalue weighted by Gasteiger charge is -2.32. The van der Waals surface area contributed by atoms with Crippen molar-refractivity contribution in [3.05, 3.63) is 22.9 Å². The average molecular weight is 407 g/mol. The smallest absolute Gasteiger partial charge is 0.464 e. The second kappa shape index (κ2) is 8.20. The molecule has 10 heteroatoms. The van der Waals surface area contributed by atoms with Crippen molar-refractivity contribution in [3.8, 4) is 0 Å². The number of nitrogens with one attached hydrogen (secondary N) is 2. The van der Waals surface area contributed by atoms with Gasteiger partial charge in [-0.15, -0.1) is 0 Å². The van der Waals surface area contributed by atoms with Gasteiger partial charge in [0.05, 0.1) is 24.5 Å². The number of amides is 1. The minimum atomic E-state index is -0.727. The molecule has 0 saturated carbocycles. The van der Waals surface area contributed by atoms with Crippen molar-refractivity contribution < 1.29 is 28.4 Å². The van der Waals surface area contributed by atoms with Crippen LogP contribution in [0.15, 0.2) is 11.7 Å². The Balaban J connectivity index is 2.31. The minimum absolute atomic E-state index is 0.0948. The molecule has 1 aliphatic heterocycles. The van der Waals surface area contributed by atoms with Crippen molar-refractivity contribution in [2.24, 2.45) is 0 Å². The first kappa shape index (κ1) is 23.0. The standard InChI is InChI=1S/C19H30BN3O6/c1-17(2,3)27-16(25)21-11-13(20-28-18(4,5)19(6,7)29-20)9-12-10-22-23-14(12)15(24)26-8/h9-10H,11H2,1-8H3,(H,21,25)(H,22,23). The van der Waals surface area contributed by atoms with Crippen LogP contribution in [0, 0.1) is 0 Å². The molecular formula is C19H30BN3O6. The molecule has 0 unspecified atom stereocenters. The summed E-state index contributed by atoms with van der Waals surface area (Å²) in [4.78, 5) is 24.1. The van der Waals surface area contributed by atoms with Gasteiger partial charge >= 0.3 is 19.2 Å². The molecule has 29 heavy (non-hydrogen) atoms. The highest BCUT2D eigenvalue weighted by Gasteiger charge is 2.52. The van der Waals surface area contributed by atoms with E-state index in [2.05, 4.69) is 15.5 Å². The first-order chi connectivity index (χ1) is 13.3. The summed E-state index contributed by atoms with van der Waals surface area (Å²) in [5.41, 5.74) is -0.470. The molecule has 0 aliphatic carbocycles. The van der Waals surface area contributed by atoms with Crippen LogP contribution in [-0.2, 0) is 18.8 Å². The highest BCUT2D eigenvalue weighted by atomic mass is 16.7. The summed E-state index contributed by atoms with van der Waals surface area (Å²) in [5, 5.41) is 9.24. The molecule has 1 aromatic rings. The highest BCUT2D eigenvalue weighted by Crippen LogP contribution is 2.38. The van der Waals surface area contributed by atoms with Crippen LogP contribution in [0.25, 0.3) is 6.08 Å². The van der Waals surface area contributed by atoms with Gasteiger partial charge in [-0.1, -0.05) is 6.08 Å². The van der Waals surface area contributed by atoms with E-state index in [1.54, 1.807) is 26.8 Å². The van der Waals surface area contributed by atoms with Crippen LogP contribution < -0.4 is 5.32 Å². The molecule has 0 spiro atoms. The van der Waals surface area contributed by atoms with Crippen LogP contribution in [0.5, 0.6) is 0 Å². The number of H-pyrrole nitrogens is 1. The number of alkyl carbamates (subject to hydrolysis) is 1. The van der Waals surface area contributed by atoms with Gasteiger partial charge in [-0.3, -0.25) is 5.10 Å². The van der Waals surface area contributed by atoms with E-state index in [9.17, 15) is 9.59 Å². The van der Waals surface area contributed by atoms with Crippen LogP contribution >= 0.6 is 0 Å². The van der Waals surface area contributed by atoms with Gasteiger partial charge in [-0.2, -0.15) is 5.10 Å².